The van der Waals surface area contributed by atoms with Gasteiger partial charge in [0.1, 0.15) is 29.2 Å². The number of nitrogens with zero attached hydrogens (tertiary/aromatic N) is 7. The van der Waals surface area contributed by atoms with Crippen molar-refractivity contribution in [3.05, 3.63) is 53.2 Å². The van der Waals surface area contributed by atoms with E-state index in [0.717, 1.165) is 39.3 Å². The van der Waals surface area contributed by atoms with Crippen LogP contribution in [0.15, 0.2) is 41.7 Å². The van der Waals surface area contributed by atoms with Crippen molar-refractivity contribution < 1.29 is 0 Å². The number of aryl methyl sites for hydroxylation is 2. The molecule has 1 fully saturated rings. The third-order valence-electron chi connectivity index (χ3n) is 6.59. The molecule has 0 bridgehead atoms. The highest BCUT2D eigenvalue weighted by Crippen LogP contribution is 2.40. The van der Waals surface area contributed by atoms with Crippen molar-refractivity contribution >= 4 is 22.2 Å². The Balaban J connectivity index is 1.55. The predicted molar refractivity (Wildman–Crippen MR) is 126 cm³/mol. The molecule has 4 heterocycles. The van der Waals surface area contributed by atoms with Gasteiger partial charge in [0, 0.05) is 30.5 Å². The molecule has 6 rings (SSSR count). The van der Waals surface area contributed by atoms with Gasteiger partial charge in [-0.1, -0.05) is 6.07 Å². The van der Waals surface area contributed by atoms with E-state index in [4.69, 9.17) is 4.98 Å². The second-order valence-electron chi connectivity index (χ2n) is 8.70. The molecule has 1 N–H and O–H groups in total. The lowest BCUT2D eigenvalue weighted by Gasteiger charge is -2.12. The normalized spacial score (nSPS) is 14.9. The second kappa shape index (κ2) is 7.33. The highest BCUT2D eigenvalue weighted by Gasteiger charge is 2.31. The number of rotatable bonds is 5. The maximum atomic E-state index is 12.7. The molecule has 4 aromatic heterocycles. The highest BCUT2D eigenvalue weighted by molar-refractivity contribution is 5.92. The van der Waals surface area contributed by atoms with Crippen molar-refractivity contribution in [1.29, 1.82) is 0 Å². The average Bonchev–Trinajstić information content (AvgIpc) is 3.53. The number of hydrogen-bond donors (Lipinski definition) is 1. The lowest BCUT2D eigenvalue weighted by molar-refractivity contribution is 0.485. The maximum Gasteiger partial charge on any atom is 0.326 e. The SMILES string of the molecule is CCn1c(-c2cnc(C)nc2)nc2c(-c3ccc4[nH]c(=O)n([C@H](C)C5CC5)c4c3)ncnc21. The Morgan fingerprint density at radius 2 is 1.91 bits per heavy atom. The highest BCUT2D eigenvalue weighted by atomic mass is 16.1. The van der Waals surface area contributed by atoms with Gasteiger partial charge in [-0.15, -0.1) is 0 Å². The van der Waals surface area contributed by atoms with Crippen molar-refractivity contribution in [3.8, 4) is 22.6 Å². The molecule has 0 saturated heterocycles. The Bertz CT molecular complexity index is 1560. The van der Waals surface area contributed by atoms with Crippen LogP contribution in [0.1, 0.15) is 38.6 Å². The summed E-state index contributed by atoms with van der Waals surface area (Å²) in [5.74, 6) is 2.04. The summed E-state index contributed by atoms with van der Waals surface area (Å²) in [5.41, 5.74) is 5.61. The van der Waals surface area contributed by atoms with Crippen LogP contribution in [0.5, 0.6) is 0 Å². The fraction of sp³-hybridized carbons (Fsp3) is 0.333. The van der Waals surface area contributed by atoms with Gasteiger partial charge in [-0.2, -0.15) is 0 Å². The number of hydrogen-bond acceptors (Lipinski definition) is 6. The molecule has 9 heteroatoms. The molecular weight excluding hydrogens is 416 g/mol. The first-order valence-corrected chi connectivity index (χ1v) is 11.3. The number of aromatic nitrogens is 8. The molecule has 5 aromatic rings. The van der Waals surface area contributed by atoms with Gasteiger partial charge in [0.05, 0.1) is 16.6 Å². The van der Waals surface area contributed by atoms with Crippen LogP contribution >= 0.6 is 0 Å². The standard InChI is InChI=1S/C24H24N8O/c1-4-31-22(17-10-25-14(3)26-11-17)30-21-20(27-12-28-23(21)31)16-7-8-18-19(9-16)32(24(33)29-18)13(2)15-5-6-15/h7-13,15H,4-6H2,1-3H3,(H,29,33)/t13-/m1/s1. The van der Waals surface area contributed by atoms with Crippen LogP contribution in [0.3, 0.4) is 0 Å². The van der Waals surface area contributed by atoms with E-state index < -0.39 is 0 Å². The topological polar surface area (TPSA) is 107 Å². The zero-order chi connectivity index (χ0) is 22.7. The van der Waals surface area contributed by atoms with E-state index in [1.54, 1.807) is 18.7 Å². The molecule has 166 valence electrons. The van der Waals surface area contributed by atoms with E-state index in [-0.39, 0.29) is 11.7 Å². The number of aromatic amines is 1. The minimum absolute atomic E-state index is 0.0636. The van der Waals surface area contributed by atoms with Crippen LogP contribution in [0.25, 0.3) is 44.8 Å². The number of H-pyrrole nitrogens is 1. The molecule has 1 aliphatic rings. The monoisotopic (exact) mass is 440 g/mol. The molecule has 9 nitrogen and oxygen atoms in total. The van der Waals surface area contributed by atoms with Gasteiger partial charge in [-0.05, 0) is 51.7 Å². The van der Waals surface area contributed by atoms with E-state index in [2.05, 4.69) is 43.3 Å². The summed E-state index contributed by atoms with van der Waals surface area (Å²) in [7, 11) is 0. The summed E-state index contributed by atoms with van der Waals surface area (Å²) in [6, 6.07) is 6.13. The summed E-state index contributed by atoms with van der Waals surface area (Å²) in [5, 5.41) is 0. The largest absolute Gasteiger partial charge is 0.326 e. The van der Waals surface area contributed by atoms with Crippen molar-refractivity contribution in [3.63, 3.8) is 0 Å². The Kier molecular flexibility index (Phi) is 4.39. The minimum atomic E-state index is -0.0636. The molecular formula is C24H24N8O. The van der Waals surface area contributed by atoms with Crippen molar-refractivity contribution in [2.75, 3.05) is 0 Å². The summed E-state index contributed by atoms with van der Waals surface area (Å²) >= 11 is 0. The molecule has 0 amide bonds. The first-order valence-electron chi connectivity index (χ1n) is 11.3. The smallest absolute Gasteiger partial charge is 0.309 e. The molecule has 0 unspecified atom stereocenters. The van der Waals surface area contributed by atoms with E-state index in [1.807, 2.05) is 29.7 Å². The van der Waals surface area contributed by atoms with E-state index >= 15 is 0 Å². The number of benzene rings is 1. The van der Waals surface area contributed by atoms with Crippen LogP contribution < -0.4 is 5.69 Å². The summed E-state index contributed by atoms with van der Waals surface area (Å²) in [4.78, 5) is 38.4. The third-order valence-corrected chi connectivity index (χ3v) is 6.59. The maximum absolute atomic E-state index is 12.7. The molecule has 0 aliphatic heterocycles. The summed E-state index contributed by atoms with van der Waals surface area (Å²) < 4.78 is 3.93. The Labute approximate surface area is 189 Å². The fourth-order valence-electron chi connectivity index (χ4n) is 4.64. The first-order chi connectivity index (χ1) is 16.0. The van der Waals surface area contributed by atoms with Gasteiger partial charge >= 0.3 is 5.69 Å². The third kappa shape index (κ3) is 3.14. The van der Waals surface area contributed by atoms with Crippen molar-refractivity contribution in [2.45, 2.75) is 46.2 Å². The fourth-order valence-corrected chi connectivity index (χ4v) is 4.64. The van der Waals surface area contributed by atoms with E-state index in [9.17, 15) is 4.79 Å². The van der Waals surface area contributed by atoms with Crippen LogP contribution in [0, 0.1) is 12.8 Å². The summed E-state index contributed by atoms with van der Waals surface area (Å²) in [6.07, 6.45) is 7.49. The van der Waals surface area contributed by atoms with Gasteiger partial charge in [0.15, 0.2) is 5.65 Å². The molecule has 0 radical (unpaired) electrons. The molecule has 1 aliphatic carbocycles. The Hall–Kier alpha value is -3.88. The lowest BCUT2D eigenvalue weighted by Crippen LogP contribution is -2.21. The number of nitrogens with one attached hydrogen (secondary N) is 1. The molecule has 1 saturated carbocycles. The molecule has 33 heavy (non-hydrogen) atoms. The Morgan fingerprint density at radius 1 is 1.12 bits per heavy atom. The Morgan fingerprint density at radius 3 is 2.64 bits per heavy atom. The van der Waals surface area contributed by atoms with Crippen molar-refractivity contribution in [1.82, 2.24) is 39.0 Å². The van der Waals surface area contributed by atoms with Gasteiger partial charge < -0.3 is 9.55 Å². The molecule has 0 spiro atoms. The van der Waals surface area contributed by atoms with E-state index in [0.29, 0.717) is 23.8 Å². The second-order valence-corrected chi connectivity index (χ2v) is 8.70. The van der Waals surface area contributed by atoms with Crippen LogP contribution in [0.2, 0.25) is 0 Å². The van der Waals surface area contributed by atoms with Crippen molar-refractivity contribution in [2.24, 2.45) is 5.92 Å². The first kappa shape index (κ1) is 19.8. The average molecular weight is 441 g/mol. The minimum Gasteiger partial charge on any atom is -0.309 e. The van der Waals surface area contributed by atoms with Gasteiger partial charge in [0.25, 0.3) is 0 Å². The van der Waals surface area contributed by atoms with Crippen LogP contribution in [-0.2, 0) is 6.54 Å². The van der Waals surface area contributed by atoms with Crippen LogP contribution in [-0.4, -0.2) is 39.0 Å². The lowest BCUT2D eigenvalue weighted by atomic mass is 10.1. The number of fused-ring (bicyclic) bond motifs is 2. The van der Waals surface area contributed by atoms with Gasteiger partial charge in [0.2, 0.25) is 0 Å². The zero-order valence-corrected chi connectivity index (χ0v) is 18.8. The number of imidazole rings is 2. The zero-order valence-electron chi connectivity index (χ0n) is 18.8. The summed E-state index contributed by atoms with van der Waals surface area (Å²) in [6.45, 7) is 6.74. The van der Waals surface area contributed by atoms with E-state index in [1.165, 1.54) is 12.8 Å². The van der Waals surface area contributed by atoms with Crippen LogP contribution in [0.4, 0.5) is 0 Å². The van der Waals surface area contributed by atoms with Gasteiger partial charge in [-0.3, -0.25) is 4.57 Å². The molecule has 1 aromatic carbocycles. The predicted octanol–water partition coefficient (Wildman–Crippen LogP) is 3.89. The quantitative estimate of drug-likeness (QED) is 0.444. The molecule has 1 atom stereocenters. The van der Waals surface area contributed by atoms with Gasteiger partial charge in [-0.25, -0.2) is 29.7 Å².